The number of nitrogens with one attached hydrogen (secondary N) is 2. The van der Waals surface area contributed by atoms with Crippen LogP contribution in [0.3, 0.4) is 0 Å². The van der Waals surface area contributed by atoms with Crippen LogP contribution in [0.4, 0.5) is 0 Å². The van der Waals surface area contributed by atoms with Gasteiger partial charge in [-0.2, -0.15) is 4.72 Å². The lowest BCUT2D eigenvalue weighted by Gasteiger charge is -2.32. The first-order valence-corrected chi connectivity index (χ1v) is 8.00. The summed E-state index contributed by atoms with van der Waals surface area (Å²) in [7, 11) is -1.97. The average molecular weight is 302 g/mol. The lowest BCUT2D eigenvalue weighted by atomic mass is 10.1. The van der Waals surface area contributed by atoms with Crippen molar-refractivity contribution in [3.05, 3.63) is 12.5 Å². The van der Waals surface area contributed by atoms with Crippen LogP contribution >= 0.6 is 0 Å². The zero-order valence-corrected chi connectivity index (χ0v) is 12.0. The highest BCUT2D eigenvalue weighted by Crippen LogP contribution is 2.31. The maximum atomic E-state index is 12.1. The van der Waals surface area contributed by atoms with E-state index in [-0.39, 0.29) is 11.6 Å². The van der Waals surface area contributed by atoms with Crippen LogP contribution in [-0.2, 0) is 26.5 Å². The number of nitrogens with zero attached hydrogens (tertiary/aromatic N) is 2. The molecule has 2 aliphatic rings. The van der Waals surface area contributed by atoms with E-state index in [0.717, 1.165) is 25.9 Å². The number of ether oxygens (including phenoxy) is 2. The van der Waals surface area contributed by atoms with E-state index in [1.54, 1.807) is 11.6 Å². The van der Waals surface area contributed by atoms with E-state index < -0.39 is 22.0 Å². The van der Waals surface area contributed by atoms with Crippen molar-refractivity contribution in [2.24, 2.45) is 7.05 Å². The number of sulfonamides is 1. The second-order valence-corrected chi connectivity index (χ2v) is 6.74. The van der Waals surface area contributed by atoms with Gasteiger partial charge >= 0.3 is 0 Å². The molecule has 9 heteroatoms. The van der Waals surface area contributed by atoms with Gasteiger partial charge in [-0.05, 0) is 0 Å². The van der Waals surface area contributed by atoms with E-state index in [2.05, 4.69) is 15.0 Å². The number of rotatable bonds is 3. The zero-order chi connectivity index (χ0) is 14.2. The Balaban J connectivity index is 1.67. The highest BCUT2D eigenvalue weighted by atomic mass is 32.2. The Hall–Kier alpha value is -1.00. The van der Waals surface area contributed by atoms with E-state index in [1.807, 2.05) is 0 Å². The van der Waals surface area contributed by atoms with Crippen LogP contribution in [-0.4, -0.2) is 49.7 Å². The van der Waals surface area contributed by atoms with Gasteiger partial charge in [0.1, 0.15) is 6.23 Å². The first-order valence-electron chi connectivity index (χ1n) is 6.52. The van der Waals surface area contributed by atoms with Crippen LogP contribution in [0.2, 0.25) is 0 Å². The van der Waals surface area contributed by atoms with Crippen LogP contribution in [0, 0.1) is 0 Å². The molecule has 0 amide bonds. The van der Waals surface area contributed by atoms with E-state index in [0.29, 0.717) is 0 Å². The Kier molecular flexibility index (Phi) is 3.55. The molecule has 2 fully saturated rings. The van der Waals surface area contributed by atoms with Crippen LogP contribution < -0.4 is 10.0 Å². The molecule has 8 nitrogen and oxygen atoms in total. The van der Waals surface area contributed by atoms with Gasteiger partial charge in [0.15, 0.2) is 10.8 Å². The summed E-state index contributed by atoms with van der Waals surface area (Å²) >= 11 is 0. The van der Waals surface area contributed by atoms with E-state index in [1.165, 1.54) is 12.5 Å². The minimum absolute atomic E-state index is 0.0186. The minimum atomic E-state index is -3.68. The third-order valence-electron chi connectivity index (χ3n) is 3.46. The summed E-state index contributed by atoms with van der Waals surface area (Å²) in [5.74, 6) is -0.650. The Labute approximate surface area is 117 Å². The van der Waals surface area contributed by atoms with E-state index in [4.69, 9.17) is 9.47 Å². The molecule has 20 heavy (non-hydrogen) atoms. The Morgan fingerprint density at radius 2 is 2.25 bits per heavy atom. The third kappa shape index (κ3) is 2.72. The maximum absolute atomic E-state index is 12.1. The molecule has 1 aromatic heterocycles. The van der Waals surface area contributed by atoms with E-state index >= 15 is 0 Å². The fourth-order valence-electron chi connectivity index (χ4n) is 2.44. The van der Waals surface area contributed by atoms with Crippen molar-refractivity contribution in [3.63, 3.8) is 0 Å². The number of hydrogen-bond acceptors (Lipinski definition) is 6. The van der Waals surface area contributed by atoms with Gasteiger partial charge in [-0.15, -0.1) is 0 Å². The molecule has 0 aromatic carbocycles. The molecule has 1 atom stereocenters. The summed E-state index contributed by atoms with van der Waals surface area (Å²) in [5, 5.41) is 3.20. The second kappa shape index (κ2) is 5.08. The Bertz CT molecular complexity index is 579. The zero-order valence-electron chi connectivity index (χ0n) is 11.2. The quantitative estimate of drug-likeness (QED) is 0.755. The van der Waals surface area contributed by atoms with Crippen molar-refractivity contribution in [1.29, 1.82) is 0 Å². The molecule has 2 aliphatic heterocycles. The van der Waals surface area contributed by atoms with E-state index in [9.17, 15) is 8.42 Å². The number of aromatic nitrogens is 2. The molecule has 1 unspecified atom stereocenters. The van der Waals surface area contributed by atoms with Gasteiger partial charge in [0.2, 0.25) is 0 Å². The van der Waals surface area contributed by atoms with Crippen molar-refractivity contribution in [2.45, 2.75) is 29.9 Å². The molecule has 0 saturated carbocycles. The summed E-state index contributed by atoms with van der Waals surface area (Å²) in [6, 6.07) is 0. The number of imidazole rings is 1. The molecule has 1 spiro atoms. The van der Waals surface area contributed by atoms with Crippen LogP contribution in [0.5, 0.6) is 0 Å². The number of piperidine rings is 1. The fraction of sp³-hybridized carbons (Fsp3) is 0.727. The second-order valence-electron chi connectivity index (χ2n) is 5.08. The van der Waals surface area contributed by atoms with Gasteiger partial charge in [0.05, 0.1) is 12.9 Å². The molecule has 2 N–H and O–H groups in total. The first-order chi connectivity index (χ1) is 9.49. The van der Waals surface area contributed by atoms with Crippen molar-refractivity contribution < 1.29 is 17.9 Å². The third-order valence-corrected chi connectivity index (χ3v) is 4.80. The Morgan fingerprint density at radius 3 is 2.90 bits per heavy atom. The summed E-state index contributed by atoms with van der Waals surface area (Å²) < 4.78 is 39.8. The topological polar surface area (TPSA) is 94.5 Å². The normalized spacial score (nSPS) is 26.1. The number of hydrogen-bond donors (Lipinski definition) is 2. The van der Waals surface area contributed by atoms with Gasteiger partial charge < -0.3 is 19.4 Å². The SMILES string of the molecule is Cn1cnc(S(=O)(=O)NC2COC3(CCNCC3)O2)c1. The van der Waals surface area contributed by atoms with Gasteiger partial charge in [0.25, 0.3) is 10.0 Å². The monoisotopic (exact) mass is 302 g/mol. The lowest BCUT2D eigenvalue weighted by Crippen LogP contribution is -2.45. The molecule has 0 bridgehead atoms. The van der Waals surface area contributed by atoms with Gasteiger partial charge in [-0.25, -0.2) is 13.4 Å². The fourth-order valence-corrected chi connectivity index (χ4v) is 3.52. The molecule has 1 aromatic rings. The molecular weight excluding hydrogens is 284 g/mol. The average Bonchev–Trinajstić information content (AvgIpc) is 2.98. The molecule has 0 aliphatic carbocycles. The highest BCUT2D eigenvalue weighted by molar-refractivity contribution is 7.89. The van der Waals surface area contributed by atoms with Gasteiger partial charge in [0, 0.05) is 39.2 Å². The summed E-state index contributed by atoms with van der Waals surface area (Å²) in [6.07, 6.45) is 3.65. The Morgan fingerprint density at radius 1 is 1.50 bits per heavy atom. The summed E-state index contributed by atoms with van der Waals surface area (Å²) in [6.45, 7) is 1.82. The van der Waals surface area contributed by atoms with Crippen molar-refractivity contribution in [2.75, 3.05) is 19.7 Å². The van der Waals surface area contributed by atoms with Gasteiger partial charge in [-0.1, -0.05) is 0 Å². The predicted octanol–water partition coefficient (Wildman–Crippen LogP) is -0.849. The first kappa shape index (κ1) is 14.0. The molecule has 112 valence electrons. The maximum Gasteiger partial charge on any atom is 0.261 e. The molecule has 3 heterocycles. The number of aryl methyl sites for hydroxylation is 1. The largest absolute Gasteiger partial charge is 0.346 e. The van der Waals surface area contributed by atoms with Crippen LogP contribution in [0.25, 0.3) is 0 Å². The van der Waals surface area contributed by atoms with Crippen LogP contribution in [0.15, 0.2) is 17.6 Å². The van der Waals surface area contributed by atoms with Crippen molar-refractivity contribution in [1.82, 2.24) is 19.6 Å². The molecular formula is C11H18N4O4S. The van der Waals surface area contributed by atoms with Crippen LogP contribution in [0.1, 0.15) is 12.8 Å². The minimum Gasteiger partial charge on any atom is -0.346 e. The smallest absolute Gasteiger partial charge is 0.261 e. The van der Waals surface area contributed by atoms with Gasteiger partial charge in [-0.3, -0.25) is 0 Å². The molecule has 2 saturated heterocycles. The standard InChI is InChI=1S/C11H18N4O4S/c1-15-6-10(13-8-15)20(16,17)14-9-7-18-11(19-9)2-4-12-5-3-11/h6,8-9,12,14H,2-5,7H2,1H3. The summed E-state index contributed by atoms with van der Waals surface area (Å²) in [5.41, 5.74) is 0. The summed E-state index contributed by atoms with van der Waals surface area (Å²) in [4.78, 5) is 3.84. The van der Waals surface area contributed by atoms with Crippen molar-refractivity contribution >= 4 is 10.0 Å². The highest BCUT2D eigenvalue weighted by Gasteiger charge is 2.43. The lowest BCUT2D eigenvalue weighted by molar-refractivity contribution is -0.183. The molecule has 3 rings (SSSR count). The predicted molar refractivity (Wildman–Crippen MR) is 69.2 cm³/mol. The molecule has 0 radical (unpaired) electrons. The van der Waals surface area contributed by atoms with Crippen molar-refractivity contribution in [3.8, 4) is 0 Å².